The van der Waals surface area contributed by atoms with Crippen LogP contribution in [0.15, 0.2) is 30.3 Å². The largest absolute Gasteiger partial charge is 0.491 e. The van der Waals surface area contributed by atoms with Crippen molar-refractivity contribution in [3.8, 4) is 5.75 Å². The van der Waals surface area contributed by atoms with Crippen molar-refractivity contribution in [3.05, 3.63) is 53.1 Å². The number of alkyl halides is 3. The maximum absolute atomic E-state index is 14.6. The fourth-order valence-electron chi connectivity index (χ4n) is 4.87. The Labute approximate surface area is 184 Å². The summed E-state index contributed by atoms with van der Waals surface area (Å²) in [7, 11) is 0. The van der Waals surface area contributed by atoms with Crippen LogP contribution in [0.3, 0.4) is 0 Å². The lowest BCUT2D eigenvalue weighted by molar-refractivity contribution is -0.144. The van der Waals surface area contributed by atoms with Gasteiger partial charge < -0.3 is 19.5 Å². The lowest BCUT2D eigenvalue weighted by atomic mass is 9.82. The molecule has 3 heterocycles. The summed E-state index contributed by atoms with van der Waals surface area (Å²) < 4.78 is 61.7. The molecule has 174 valence electrons. The van der Waals surface area contributed by atoms with Crippen molar-refractivity contribution >= 4 is 5.91 Å². The lowest BCUT2D eigenvalue weighted by Gasteiger charge is -2.47. The van der Waals surface area contributed by atoms with Crippen molar-refractivity contribution in [2.24, 2.45) is 0 Å². The molecule has 4 rings (SSSR count). The molecular formula is C23H27F4N3O2. The zero-order valence-electron chi connectivity index (χ0n) is 18.3. The second-order valence-electron chi connectivity index (χ2n) is 8.94. The van der Waals surface area contributed by atoms with Crippen molar-refractivity contribution in [2.75, 3.05) is 13.1 Å². The summed E-state index contributed by atoms with van der Waals surface area (Å²) in [5, 5.41) is 3.47. The smallest absolute Gasteiger partial charge is 0.431 e. The molecule has 0 radical (unpaired) electrons. The zero-order valence-corrected chi connectivity index (χ0v) is 18.3. The first-order valence-corrected chi connectivity index (χ1v) is 10.8. The molecule has 1 amide bonds. The van der Waals surface area contributed by atoms with Gasteiger partial charge in [-0.25, -0.2) is 4.39 Å². The molecule has 5 nitrogen and oxygen atoms in total. The summed E-state index contributed by atoms with van der Waals surface area (Å²) in [6.07, 6.45) is -3.64. The Morgan fingerprint density at radius 3 is 2.47 bits per heavy atom. The SMILES string of the molecule is CC1Cn2c(C(F)(F)F)ccc2C2(CCN(C(=O)c3ccc(OC(C)C)cc3F)CC2)N1. The van der Waals surface area contributed by atoms with Crippen molar-refractivity contribution in [1.29, 1.82) is 0 Å². The Morgan fingerprint density at radius 2 is 1.88 bits per heavy atom. The standard InChI is InChI=1S/C23H27F4N3O2/c1-14(2)32-16-4-5-17(18(24)12-16)21(31)29-10-8-22(9-11-29)19-6-7-20(23(25,26)27)30(19)13-15(3)28-22/h4-7,12,14-15,28H,8-11,13H2,1-3H3. The molecule has 1 unspecified atom stereocenters. The third-order valence-corrected chi connectivity index (χ3v) is 6.19. The van der Waals surface area contributed by atoms with Crippen LogP contribution < -0.4 is 10.1 Å². The number of benzene rings is 1. The molecule has 0 saturated carbocycles. The van der Waals surface area contributed by atoms with Crippen LogP contribution in [0.2, 0.25) is 0 Å². The molecule has 1 N–H and O–H groups in total. The molecule has 0 aliphatic carbocycles. The molecule has 9 heteroatoms. The third-order valence-electron chi connectivity index (χ3n) is 6.19. The molecule has 1 saturated heterocycles. The van der Waals surface area contributed by atoms with Gasteiger partial charge in [0.15, 0.2) is 0 Å². The molecule has 1 aromatic heterocycles. The molecular weight excluding hydrogens is 426 g/mol. The van der Waals surface area contributed by atoms with Gasteiger partial charge in [-0.3, -0.25) is 4.79 Å². The van der Waals surface area contributed by atoms with Gasteiger partial charge in [0, 0.05) is 37.4 Å². The van der Waals surface area contributed by atoms with E-state index in [4.69, 9.17) is 4.74 Å². The van der Waals surface area contributed by atoms with E-state index in [2.05, 4.69) is 5.32 Å². The number of likely N-dealkylation sites (tertiary alicyclic amines) is 1. The molecule has 1 spiro atoms. The number of fused-ring (bicyclic) bond motifs is 2. The highest BCUT2D eigenvalue weighted by molar-refractivity contribution is 5.94. The predicted molar refractivity (Wildman–Crippen MR) is 111 cm³/mol. The van der Waals surface area contributed by atoms with Crippen molar-refractivity contribution in [2.45, 2.75) is 64.0 Å². The van der Waals surface area contributed by atoms with E-state index in [9.17, 15) is 22.4 Å². The number of ether oxygens (including phenoxy) is 1. The number of piperidine rings is 1. The van der Waals surface area contributed by atoms with Gasteiger partial charge in [-0.15, -0.1) is 0 Å². The van der Waals surface area contributed by atoms with E-state index in [1.54, 1.807) is 11.0 Å². The van der Waals surface area contributed by atoms with Crippen LogP contribution in [0.5, 0.6) is 5.75 Å². The van der Waals surface area contributed by atoms with Gasteiger partial charge in [0.05, 0.1) is 17.2 Å². The zero-order chi connectivity index (χ0) is 23.3. The summed E-state index contributed by atoms with van der Waals surface area (Å²) in [5.74, 6) is -0.724. The highest BCUT2D eigenvalue weighted by atomic mass is 19.4. The summed E-state index contributed by atoms with van der Waals surface area (Å²) >= 11 is 0. The number of aromatic nitrogens is 1. The maximum atomic E-state index is 14.6. The van der Waals surface area contributed by atoms with Crippen LogP contribution in [0.1, 0.15) is 55.4 Å². The Balaban J connectivity index is 1.52. The summed E-state index contributed by atoms with van der Waals surface area (Å²) in [4.78, 5) is 14.5. The van der Waals surface area contributed by atoms with Gasteiger partial charge in [0.25, 0.3) is 5.91 Å². The monoisotopic (exact) mass is 453 g/mol. The van der Waals surface area contributed by atoms with Crippen LogP contribution in [-0.2, 0) is 18.3 Å². The number of nitrogens with one attached hydrogen (secondary N) is 1. The topological polar surface area (TPSA) is 46.5 Å². The van der Waals surface area contributed by atoms with Crippen LogP contribution in [0.25, 0.3) is 0 Å². The lowest BCUT2D eigenvalue weighted by Crippen LogP contribution is -2.59. The number of carbonyl (C=O) groups is 1. The first-order valence-electron chi connectivity index (χ1n) is 10.8. The molecule has 32 heavy (non-hydrogen) atoms. The van der Waals surface area contributed by atoms with E-state index >= 15 is 0 Å². The Morgan fingerprint density at radius 1 is 1.19 bits per heavy atom. The number of halogens is 4. The fraction of sp³-hybridized carbons (Fsp3) is 0.522. The molecule has 2 aromatic rings. The van der Waals surface area contributed by atoms with Crippen LogP contribution in [0.4, 0.5) is 17.6 Å². The average molecular weight is 453 g/mol. The summed E-state index contributed by atoms with van der Waals surface area (Å²) in [6.45, 7) is 6.38. The Bertz CT molecular complexity index is 1010. The minimum Gasteiger partial charge on any atom is -0.491 e. The van der Waals surface area contributed by atoms with Crippen molar-refractivity contribution < 1.29 is 27.1 Å². The first kappa shape index (κ1) is 22.6. The van der Waals surface area contributed by atoms with Crippen molar-refractivity contribution in [1.82, 2.24) is 14.8 Å². The molecule has 2 aliphatic heterocycles. The summed E-state index contributed by atoms with van der Waals surface area (Å²) in [6, 6.07) is 6.70. The van der Waals surface area contributed by atoms with E-state index < -0.39 is 29.1 Å². The third kappa shape index (κ3) is 4.10. The predicted octanol–water partition coefficient (Wildman–Crippen LogP) is 4.56. The van der Waals surface area contributed by atoms with E-state index in [0.717, 1.165) is 6.07 Å². The van der Waals surface area contributed by atoms with Gasteiger partial charge in [-0.05, 0) is 57.9 Å². The van der Waals surface area contributed by atoms with Crippen molar-refractivity contribution in [3.63, 3.8) is 0 Å². The Kier molecular flexibility index (Phi) is 5.73. The second kappa shape index (κ2) is 8.10. The Hall–Kier alpha value is -2.55. The second-order valence-corrected chi connectivity index (χ2v) is 8.94. The summed E-state index contributed by atoms with van der Waals surface area (Å²) in [5.41, 5.74) is -0.739. The van der Waals surface area contributed by atoms with E-state index in [0.29, 0.717) is 37.4 Å². The highest BCUT2D eigenvalue weighted by Crippen LogP contribution is 2.41. The van der Waals surface area contributed by atoms with Crippen LogP contribution in [0, 0.1) is 5.82 Å². The number of carbonyl (C=O) groups excluding carboxylic acids is 1. The number of nitrogens with zero attached hydrogens (tertiary/aromatic N) is 2. The highest BCUT2D eigenvalue weighted by Gasteiger charge is 2.46. The number of rotatable bonds is 3. The van der Waals surface area contributed by atoms with Gasteiger partial charge in [-0.2, -0.15) is 13.2 Å². The minimum absolute atomic E-state index is 0.0373. The number of hydrogen-bond acceptors (Lipinski definition) is 3. The minimum atomic E-state index is -4.42. The van der Waals surface area contributed by atoms with Gasteiger partial charge >= 0.3 is 6.18 Å². The van der Waals surface area contributed by atoms with Crippen LogP contribution >= 0.6 is 0 Å². The van der Waals surface area contributed by atoms with Crippen LogP contribution in [-0.4, -0.2) is 40.6 Å². The molecule has 2 aliphatic rings. The van der Waals surface area contributed by atoms with Gasteiger partial charge in [0.2, 0.25) is 0 Å². The molecule has 1 aromatic carbocycles. The quantitative estimate of drug-likeness (QED) is 0.694. The maximum Gasteiger partial charge on any atom is 0.431 e. The van der Waals surface area contributed by atoms with E-state index in [-0.39, 0.29) is 24.3 Å². The number of hydrogen-bond donors (Lipinski definition) is 1. The first-order chi connectivity index (χ1) is 15.0. The molecule has 1 atom stereocenters. The molecule has 1 fully saturated rings. The van der Waals surface area contributed by atoms with Gasteiger partial charge in [-0.1, -0.05) is 0 Å². The fourth-order valence-corrected chi connectivity index (χ4v) is 4.87. The van der Waals surface area contributed by atoms with Gasteiger partial charge in [0.1, 0.15) is 17.3 Å². The normalized spacial score (nSPS) is 20.5. The number of amides is 1. The molecule has 0 bridgehead atoms. The van der Waals surface area contributed by atoms with E-state index in [1.165, 1.54) is 22.8 Å². The van der Waals surface area contributed by atoms with E-state index in [1.807, 2.05) is 20.8 Å². The average Bonchev–Trinajstić information content (AvgIpc) is 3.13.